The lowest BCUT2D eigenvalue weighted by Gasteiger charge is -2.05. The van der Waals surface area contributed by atoms with Gasteiger partial charge in [0.2, 0.25) is 0 Å². The predicted molar refractivity (Wildman–Crippen MR) is 52.9 cm³/mol. The van der Waals surface area contributed by atoms with Gasteiger partial charge in [0, 0.05) is 0 Å². The Bertz CT molecular complexity index is 33.1. The Morgan fingerprint density at radius 1 is 0.545 bits per heavy atom. The zero-order valence-corrected chi connectivity index (χ0v) is 8.36. The molecule has 0 heteroatoms. The van der Waals surface area contributed by atoms with E-state index in [1.54, 1.807) is 0 Å². The molecule has 0 bridgehead atoms. The first-order chi connectivity index (χ1) is 5.41. The highest BCUT2D eigenvalue weighted by molar-refractivity contribution is 4.51. The van der Waals surface area contributed by atoms with E-state index in [1.165, 1.54) is 57.8 Å². The van der Waals surface area contributed by atoms with Gasteiger partial charge in [-0.1, -0.05) is 71.6 Å². The van der Waals surface area contributed by atoms with Gasteiger partial charge in [0.1, 0.15) is 0 Å². The average Bonchev–Trinajstić information content (AvgIpc) is 1.52. The predicted octanol–water partition coefficient (Wildman–Crippen LogP) is 4.54. The second-order valence-electron chi connectivity index (χ2n) is 3.54. The molecule has 0 heterocycles. The van der Waals surface area contributed by atoms with Crippen molar-refractivity contribution >= 4 is 0 Å². The lowest BCUT2D eigenvalue weighted by molar-refractivity contribution is 0.504. The second-order valence-corrected chi connectivity index (χ2v) is 3.54. The molecule has 0 aromatic carbocycles. The first-order valence-corrected chi connectivity index (χ1v) is 5.41. The van der Waals surface area contributed by atoms with Gasteiger partial charge in [0.15, 0.2) is 0 Å². The maximum Gasteiger partial charge on any atom is -0.0533 e. The molecule has 0 aromatic heterocycles. The van der Waals surface area contributed by atoms with E-state index < -0.39 is 0 Å². The molecule has 2 saturated carbocycles. The zero-order chi connectivity index (χ0) is 8.36. The Balaban J connectivity index is 0.000000139. The van der Waals surface area contributed by atoms with Crippen LogP contribution in [0.25, 0.3) is 0 Å². The molecule has 0 atom stereocenters. The minimum absolute atomic E-state index is 1.25. The van der Waals surface area contributed by atoms with E-state index in [0.29, 0.717) is 0 Å². The fraction of sp³-hybridized carbons (Fsp3) is 1.00. The van der Waals surface area contributed by atoms with E-state index in [9.17, 15) is 0 Å². The van der Waals surface area contributed by atoms with E-state index in [0.717, 1.165) is 0 Å². The van der Waals surface area contributed by atoms with E-state index in [1.807, 2.05) is 0 Å². The Morgan fingerprint density at radius 2 is 0.636 bits per heavy atom. The highest BCUT2D eigenvalue weighted by Gasteiger charge is 1.95. The number of rotatable bonds is 0. The maximum atomic E-state index is 2.12. The molecule has 68 valence electrons. The second kappa shape index (κ2) is 10.0. The fourth-order valence-electron chi connectivity index (χ4n) is 0.500. The van der Waals surface area contributed by atoms with Crippen molar-refractivity contribution in [2.75, 3.05) is 0 Å². The molecule has 0 unspecified atom stereocenters. The van der Waals surface area contributed by atoms with Crippen LogP contribution in [-0.2, 0) is 0 Å². The van der Waals surface area contributed by atoms with E-state index in [-0.39, 0.29) is 0 Å². The molecular weight excluding hydrogens is 132 g/mol. The van der Waals surface area contributed by atoms with Crippen LogP contribution in [0, 0.1) is 0 Å². The largest absolute Gasteiger partial charge is 0.0656 e. The van der Waals surface area contributed by atoms with E-state index in [2.05, 4.69) is 13.8 Å². The molecule has 2 aliphatic carbocycles. The summed E-state index contributed by atoms with van der Waals surface area (Å²) in [6, 6.07) is 0. The van der Waals surface area contributed by atoms with Crippen LogP contribution in [0.2, 0.25) is 0 Å². The van der Waals surface area contributed by atoms with Crippen molar-refractivity contribution in [3.8, 4) is 0 Å². The first-order valence-electron chi connectivity index (χ1n) is 5.41. The Labute approximate surface area is 72.4 Å². The van der Waals surface area contributed by atoms with Crippen LogP contribution in [0.15, 0.2) is 0 Å². The Kier molecular flexibility index (Phi) is 10.0. The third-order valence-corrected chi connectivity index (χ3v) is 2.00. The normalized spacial score (nSPS) is 19.1. The summed E-state index contributed by atoms with van der Waals surface area (Å²) in [4.78, 5) is 0. The summed E-state index contributed by atoms with van der Waals surface area (Å²) in [5.74, 6) is 0. The molecule has 0 saturated heterocycles. The highest BCUT2D eigenvalue weighted by Crippen LogP contribution is 2.15. The van der Waals surface area contributed by atoms with Gasteiger partial charge in [-0.2, -0.15) is 0 Å². The Hall–Kier alpha value is 0. The van der Waals surface area contributed by atoms with Crippen molar-refractivity contribution < 1.29 is 0 Å². The van der Waals surface area contributed by atoms with Gasteiger partial charge in [-0.05, 0) is 0 Å². The van der Waals surface area contributed by atoms with Crippen molar-refractivity contribution in [3.05, 3.63) is 0 Å². The summed E-state index contributed by atoms with van der Waals surface area (Å²) >= 11 is 0. The van der Waals surface area contributed by atoms with Gasteiger partial charge >= 0.3 is 0 Å². The monoisotopic (exact) mass is 156 g/mol. The van der Waals surface area contributed by atoms with Gasteiger partial charge in [-0.25, -0.2) is 0 Å². The topological polar surface area (TPSA) is 0 Å². The molecule has 0 radical (unpaired) electrons. The molecule has 0 spiro atoms. The van der Waals surface area contributed by atoms with Crippen LogP contribution >= 0.6 is 0 Å². The summed E-state index contributed by atoms with van der Waals surface area (Å²) < 4.78 is 0. The van der Waals surface area contributed by atoms with Gasteiger partial charge in [-0.3, -0.25) is 0 Å². The van der Waals surface area contributed by atoms with E-state index in [4.69, 9.17) is 0 Å². The molecular formula is C11H24. The van der Waals surface area contributed by atoms with Crippen molar-refractivity contribution in [3.63, 3.8) is 0 Å². The summed E-state index contributed by atoms with van der Waals surface area (Å²) in [6.07, 6.45) is 13.2. The van der Waals surface area contributed by atoms with Crippen LogP contribution < -0.4 is 0 Å². The van der Waals surface area contributed by atoms with Gasteiger partial charge < -0.3 is 0 Å². The van der Waals surface area contributed by atoms with Crippen molar-refractivity contribution in [2.45, 2.75) is 71.6 Å². The summed E-state index contributed by atoms with van der Waals surface area (Å²) in [5.41, 5.74) is 0. The van der Waals surface area contributed by atoms with Crippen LogP contribution in [0.1, 0.15) is 71.6 Å². The standard InChI is InChI=1S/2C4H8.C3H8/c2*1-2-4-3-1;1-3-2/h2*1-4H2;3H2,1-2H3. The molecule has 2 aliphatic rings. The molecule has 0 aliphatic heterocycles. The smallest absolute Gasteiger partial charge is 0.0533 e. The SMILES string of the molecule is C1CCC1.C1CCC1.CCC. The van der Waals surface area contributed by atoms with Gasteiger partial charge in [0.05, 0.1) is 0 Å². The van der Waals surface area contributed by atoms with E-state index >= 15 is 0 Å². The number of hydrogen-bond acceptors (Lipinski definition) is 0. The van der Waals surface area contributed by atoms with Crippen molar-refractivity contribution in [2.24, 2.45) is 0 Å². The average molecular weight is 156 g/mol. The van der Waals surface area contributed by atoms with Gasteiger partial charge in [-0.15, -0.1) is 0 Å². The van der Waals surface area contributed by atoms with Gasteiger partial charge in [0.25, 0.3) is 0 Å². The molecule has 0 aromatic rings. The minimum atomic E-state index is 1.25. The number of hydrogen-bond donors (Lipinski definition) is 0. The van der Waals surface area contributed by atoms with Crippen molar-refractivity contribution in [1.29, 1.82) is 0 Å². The highest BCUT2D eigenvalue weighted by atomic mass is 14.0. The molecule has 2 fully saturated rings. The molecule has 0 nitrogen and oxygen atoms in total. The lowest BCUT2D eigenvalue weighted by Crippen LogP contribution is -1.85. The quantitative estimate of drug-likeness (QED) is 0.483. The third kappa shape index (κ3) is 10.0. The zero-order valence-electron chi connectivity index (χ0n) is 8.36. The minimum Gasteiger partial charge on any atom is -0.0656 e. The van der Waals surface area contributed by atoms with Crippen LogP contribution in [-0.4, -0.2) is 0 Å². The maximum absolute atomic E-state index is 2.12. The molecule has 2 rings (SSSR count). The summed E-state index contributed by atoms with van der Waals surface area (Å²) in [7, 11) is 0. The molecule has 0 amide bonds. The first kappa shape index (κ1) is 11.0. The van der Waals surface area contributed by atoms with Crippen LogP contribution in [0.4, 0.5) is 0 Å². The van der Waals surface area contributed by atoms with Crippen molar-refractivity contribution in [1.82, 2.24) is 0 Å². The summed E-state index contributed by atoms with van der Waals surface area (Å²) in [5, 5.41) is 0. The molecule has 0 N–H and O–H groups in total. The molecule has 11 heavy (non-hydrogen) atoms. The van der Waals surface area contributed by atoms with Crippen LogP contribution in [0.5, 0.6) is 0 Å². The Morgan fingerprint density at radius 3 is 0.636 bits per heavy atom. The van der Waals surface area contributed by atoms with Crippen LogP contribution in [0.3, 0.4) is 0 Å². The fourth-order valence-corrected chi connectivity index (χ4v) is 0.500. The summed E-state index contributed by atoms with van der Waals surface area (Å²) in [6.45, 7) is 4.25. The third-order valence-electron chi connectivity index (χ3n) is 2.00. The lowest BCUT2D eigenvalue weighted by atomic mass is 10.0.